The highest BCUT2D eigenvalue weighted by Crippen LogP contribution is 2.25. The fraction of sp³-hybridized carbons (Fsp3) is 0.900. The van der Waals surface area contributed by atoms with Crippen LogP contribution in [0.4, 0.5) is 0 Å². The lowest BCUT2D eigenvalue weighted by molar-refractivity contribution is -0.135. The normalized spacial score (nSPS) is 16.9. The molecule has 0 spiro atoms. The Morgan fingerprint density at radius 2 is 2.06 bits per heavy atom. The Morgan fingerprint density at radius 3 is 2.44 bits per heavy atom. The molecule has 1 N–H and O–H groups in total. The maximum atomic E-state index is 11.8. The summed E-state index contributed by atoms with van der Waals surface area (Å²) in [7, 11) is -3.09. The molecule has 1 rings (SSSR count). The van der Waals surface area contributed by atoms with Gasteiger partial charge in [-0.1, -0.05) is 0 Å². The minimum absolute atomic E-state index is 0.0231. The molecule has 1 fully saturated rings. The summed E-state index contributed by atoms with van der Waals surface area (Å²) in [6, 6.07) is 0.208. The van der Waals surface area contributed by atoms with Crippen LogP contribution in [0.5, 0.6) is 0 Å². The van der Waals surface area contributed by atoms with Gasteiger partial charge >= 0.3 is 0 Å². The van der Waals surface area contributed by atoms with Crippen LogP contribution in [0.15, 0.2) is 0 Å². The number of amides is 1. The highest BCUT2D eigenvalue weighted by Gasteiger charge is 2.28. The van der Waals surface area contributed by atoms with Crippen molar-refractivity contribution in [1.82, 2.24) is 4.90 Å². The maximum Gasteiger partial charge on any atom is 0.223 e. The number of hydrogen-bond donors (Lipinski definition) is 1. The fourth-order valence-corrected chi connectivity index (χ4v) is 2.28. The summed E-state index contributed by atoms with van der Waals surface area (Å²) in [6.07, 6.45) is 4.18. The van der Waals surface area contributed by atoms with Crippen molar-refractivity contribution < 1.29 is 18.3 Å². The van der Waals surface area contributed by atoms with Gasteiger partial charge in [-0.2, -0.15) is 0 Å². The Balaban J connectivity index is 2.47. The van der Waals surface area contributed by atoms with Crippen LogP contribution in [0.1, 0.15) is 25.7 Å². The molecule has 1 aliphatic rings. The van der Waals surface area contributed by atoms with Crippen molar-refractivity contribution in [2.45, 2.75) is 31.7 Å². The van der Waals surface area contributed by atoms with Crippen LogP contribution < -0.4 is 0 Å². The fourth-order valence-electron chi connectivity index (χ4n) is 1.73. The van der Waals surface area contributed by atoms with Crippen molar-refractivity contribution in [3.8, 4) is 0 Å². The molecule has 0 aromatic rings. The molecule has 1 saturated carbocycles. The van der Waals surface area contributed by atoms with E-state index in [2.05, 4.69) is 0 Å². The van der Waals surface area contributed by atoms with Crippen molar-refractivity contribution in [1.29, 1.82) is 0 Å². The molecule has 0 heterocycles. The van der Waals surface area contributed by atoms with E-state index < -0.39 is 9.84 Å². The molecule has 0 atom stereocenters. The van der Waals surface area contributed by atoms with Crippen molar-refractivity contribution in [2.75, 3.05) is 25.2 Å². The Morgan fingerprint density at radius 1 is 1.44 bits per heavy atom. The Labute approximate surface area is 96.4 Å². The van der Waals surface area contributed by atoms with E-state index >= 15 is 0 Å². The first-order valence-electron chi connectivity index (χ1n) is 5.52. The molecule has 1 aliphatic carbocycles. The number of carbonyl (C=O) groups excluding carboxylic acids is 1. The second-order valence-corrected chi connectivity index (χ2v) is 6.54. The lowest BCUT2D eigenvalue weighted by atomic mass is 9.91. The Kier molecular flexibility index (Phi) is 4.73. The highest BCUT2D eigenvalue weighted by molar-refractivity contribution is 7.90. The number of rotatable bonds is 6. The molecule has 0 aromatic carbocycles. The molecule has 0 aromatic heterocycles. The van der Waals surface area contributed by atoms with E-state index in [1.807, 2.05) is 0 Å². The second-order valence-electron chi connectivity index (χ2n) is 4.28. The lowest BCUT2D eigenvalue weighted by Gasteiger charge is -2.37. The average Bonchev–Trinajstić information content (AvgIpc) is 2.09. The first-order chi connectivity index (χ1) is 7.44. The van der Waals surface area contributed by atoms with Crippen LogP contribution in [-0.4, -0.2) is 55.5 Å². The number of hydrogen-bond acceptors (Lipinski definition) is 4. The maximum absolute atomic E-state index is 11.8. The molecule has 0 bridgehead atoms. The third kappa shape index (κ3) is 4.09. The average molecular weight is 249 g/mol. The molecule has 6 heteroatoms. The zero-order valence-electron chi connectivity index (χ0n) is 9.55. The highest BCUT2D eigenvalue weighted by atomic mass is 32.2. The van der Waals surface area contributed by atoms with Gasteiger partial charge in [0.2, 0.25) is 5.91 Å². The predicted molar refractivity (Wildman–Crippen MR) is 60.8 cm³/mol. The van der Waals surface area contributed by atoms with Crippen molar-refractivity contribution in [3.05, 3.63) is 0 Å². The largest absolute Gasteiger partial charge is 0.395 e. The third-order valence-electron chi connectivity index (χ3n) is 2.86. The van der Waals surface area contributed by atoms with Gasteiger partial charge in [-0.15, -0.1) is 0 Å². The predicted octanol–water partition coefficient (Wildman–Crippen LogP) is -0.205. The Bertz CT molecular complexity index is 335. The zero-order chi connectivity index (χ0) is 12.2. The summed E-state index contributed by atoms with van der Waals surface area (Å²) in [4.78, 5) is 13.4. The van der Waals surface area contributed by atoms with E-state index in [-0.39, 0.29) is 30.7 Å². The Hall–Kier alpha value is -0.620. The summed E-state index contributed by atoms with van der Waals surface area (Å²) in [6.45, 7) is 0.244. The number of sulfone groups is 1. The number of carbonyl (C=O) groups is 1. The first kappa shape index (κ1) is 13.4. The second kappa shape index (κ2) is 5.63. The van der Waals surface area contributed by atoms with Gasteiger partial charge in [-0.3, -0.25) is 4.79 Å². The molecule has 5 nitrogen and oxygen atoms in total. The van der Waals surface area contributed by atoms with Crippen LogP contribution in [0.25, 0.3) is 0 Å². The molecular weight excluding hydrogens is 230 g/mol. The zero-order valence-corrected chi connectivity index (χ0v) is 10.4. The first-order valence-corrected chi connectivity index (χ1v) is 7.58. The van der Waals surface area contributed by atoms with Gasteiger partial charge in [0.1, 0.15) is 9.84 Å². The monoisotopic (exact) mass is 249 g/mol. The van der Waals surface area contributed by atoms with E-state index in [9.17, 15) is 13.2 Å². The standard InChI is InChI=1S/C10H19NO4S/c1-16(14,15)8-5-10(13)11(6-7-12)9-3-2-4-9/h9,12H,2-8H2,1H3. The molecular formula is C10H19NO4S. The topological polar surface area (TPSA) is 74.7 Å². The van der Waals surface area contributed by atoms with E-state index in [0.717, 1.165) is 25.5 Å². The molecule has 0 saturated heterocycles. The van der Waals surface area contributed by atoms with Crippen LogP contribution in [0, 0.1) is 0 Å². The SMILES string of the molecule is CS(=O)(=O)CCC(=O)N(CCO)C1CCC1. The molecule has 16 heavy (non-hydrogen) atoms. The van der Waals surface area contributed by atoms with Gasteiger partial charge in [0, 0.05) is 25.3 Å². The quantitative estimate of drug-likeness (QED) is 0.707. The van der Waals surface area contributed by atoms with Crippen molar-refractivity contribution in [3.63, 3.8) is 0 Å². The van der Waals surface area contributed by atoms with Gasteiger partial charge in [0.25, 0.3) is 0 Å². The number of aliphatic hydroxyl groups is 1. The summed E-state index contributed by atoms with van der Waals surface area (Å²) < 4.78 is 21.9. The van der Waals surface area contributed by atoms with Crippen LogP contribution in [0.3, 0.4) is 0 Å². The van der Waals surface area contributed by atoms with E-state index in [4.69, 9.17) is 5.11 Å². The summed E-state index contributed by atoms with van der Waals surface area (Å²) in [5.41, 5.74) is 0. The van der Waals surface area contributed by atoms with Gasteiger partial charge in [0.05, 0.1) is 12.4 Å². The van der Waals surface area contributed by atoms with Crippen LogP contribution >= 0.6 is 0 Å². The van der Waals surface area contributed by atoms with Gasteiger partial charge in [-0.25, -0.2) is 8.42 Å². The minimum atomic E-state index is -3.09. The molecule has 0 unspecified atom stereocenters. The molecule has 0 aliphatic heterocycles. The van der Waals surface area contributed by atoms with E-state index in [0.29, 0.717) is 6.54 Å². The van der Waals surface area contributed by atoms with Crippen LogP contribution in [-0.2, 0) is 14.6 Å². The van der Waals surface area contributed by atoms with Crippen molar-refractivity contribution >= 4 is 15.7 Å². The van der Waals surface area contributed by atoms with Gasteiger partial charge in [-0.05, 0) is 19.3 Å². The lowest BCUT2D eigenvalue weighted by Crippen LogP contribution is -2.46. The van der Waals surface area contributed by atoms with E-state index in [1.165, 1.54) is 0 Å². The number of nitrogens with zero attached hydrogens (tertiary/aromatic N) is 1. The summed E-state index contributed by atoms with van der Waals surface area (Å²) in [5, 5.41) is 8.87. The molecule has 94 valence electrons. The van der Waals surface area contributed by atoms with Gasteiger partial charge in [0.15, 0.2) is 0 Å². The smallest absolute Gasteiger partial charge is 0.223 e. The van der Waals surface area contributed by atoms with Gasteiger partial charge < -0.3 is 10.0 Å². The summed E-state index contributed by atoms with van der Waals surface area (Å²) >= 11 is 0. The molecule has 0 radical (unpaired) electrons. The number of aliphatic hydroxyl groups excluding tert-OH is 1. The van der Waals surface area contributed by atoms with Crippen LogP contribution in [0.2, 0.25) is 0 Å². The third-order valence-corrected chi connectivity index (χ3v) is 3.81. The van der Waals surface area contributed by atoms with E-state index in [1.54, 1.807) is 4.90 Å². The molecule has 1 amide bonds. The minimum Gasteiger partial charge on any atom is -0.395 e. The van der Waals surface area contributed by atoms with Crippen molar-refractivity contribution in [2.24, 2.45) is 0 Å². The summed E-state index contributed by atoms with van der Waals surface area (Å²) in [5.74, 6) is -0.273.